The van der Waals surface area contributed by atoms with Crippen LogP contribution in [-0.2, 0) is 44.9 Å². The van der Waals surface area contributed by atoms with Gasteiger partial charge in [0.05, 0.1) is 5.75 Å². The van der Waals surface area contributed by atoms with Gasteiger partial charge in [-0.3, -0.25) is 9.59 Å². The molecule has 1 saturated heterocycles. The Labute approximate surface area is 245 Å². The average molecular weight is 600 g/mol. The molecular weight excluding hydrogens is 566 g/mol. The number of halogens is 1. The fourth-order valence-electron chi connectivity index (χ4n) is 5.00. The van der Waals surface area contributed by atoms with Gasteiger partial charge in [0.2, 0.25) is 21.8 Å². The lowest BCUT2D eigenvalue weighted by Gasteiger charge is -2.28. The number of carbonyl (C=O) groups excluding carboxylic acids is 2. The number of carbonyl (C=O) groups is 2. The van der Waals surface area contributed by atoms with E-state index in [2.05, 4.69) is 10.0 Å². The molecule has 1 fully saturated rings. The Morgan fingerprint density at radius 3 is 2.59 bits per heavy atom. The number of nitrogens with zero attached hydrogens (tertiary/aromatic N) is 2. The molecule has 1 aliphatic heterocycles. The van der Waals surface area contributed by atoms with Gasteiger partial charge in [0, 0.05) is 43.2 Å². The lowest BCUT2D eigenvalue weighted by molar-refractivity contribution is -0.614. The average Bonchev–Trinajstić information content (AvgIpc) is 3.45. The summed E-state index contributed by atoms with van der Waals surface area (Å²) in [5.74, 6) is -1.15. The Kier molecular flexibility index (Phi) is 10.3. The number of hydrogen-bond donors (Lipinski definition) is 3. The molecule has 2 heterocycles. The molecule has 2 atom stereocenters. The molecule has 1 aliphatic rings. The third-order valence-corrected chi connectivity index (χ3v) is 8.68. The second kappa shape index (κ2) is 13.9. The smallest absolute Gasteiger partial charge is 0.243 e. The molecule has 0 saturated carbocycles. The van der Waals surface area contributed by atoms with E-state index in [0.29, 0.717) is 40.4 Å². The van der Waals surface area contributed by atoms with Crippen molar-refractivity contribution >= 4 is 33.4 Å². The molecule has 4 rings (SSSR count). The van der Waals surface area contributed by atoms with E-state index in [1.54, 1.807) is 66.7 Å². The first-order valence-electron chi connectivity index (χ1n) is 13.4. The first kappa shape index (κ1) is 30.4. The fraction of sp³-hybridized carbons (Fsp3) is 0.345. The lowest BCUT2D eigenvalue weighted by atomic mass is 10.1. The zero-order valence-electron chi connectivity index (χ0n) is 22.5. The minimum atomic E-state index is -3.93. The number of benzene rings is 2. The van der Waals surface area contributed by atoms with Crippen LogP contribution in [0.4, 0.5) is 0 Å². The molecule has 3 aromatic rings. The molecule has 0 unspecified atom stereocenters. The van der Waals surface area contributed by atoms with Crippen LogP contribution in [0.3, 0.4) is 0 Å². The molecule has 2 amide bonds. The van der Waals surface area contributed by atoms with E-state index < -0.39 is 28.0 Å². The number of pyridine rings is 1. The fourth-order valence-corrected chi connectivity index (χ4v) is 6.56. The molecule has 4 N–H and O–H groups in total. The van der Waals surface area contributed by atoms with Crippen molar-refractivity contribution in [3.63, 3.8) is 0 Å². The first-order valence-corrected chi connectivity index (χ1v) is 15.5. The second-order valence-corrected chi connectivity index (χ2v) is 12.2. The van der Waals surface area contributed by atoms with Gasteiger partial charge in [-0.2, -0.15) is 4.73 Å². The number of sulfonamides is 1. The van der Waals surface area contributed by atoms with Crippen LogP contribution >= 0.6 is 11.6 Å². The van der Waals surface area contributed by atoms with Gasteiger partial charge in [-0.25, -0.2) is 13.1 Å². The molecular formula is C29H34ClN5O5S. The molecule has 0 spiro atoms. The summed E-state index contributed by atoms with van der Waals surface area (Å²) < 4.78 is 29.5. The SMILES string of the molecule is NCc1ccc(Cl)cc1CNC(=O)[C@H]1CCCN1C(=O)[C@H](CCc1cccc[n+]1[O-])NS(=O)(=O)Cc1ccccc1. The van der Waals surface area contributed by atoms with Gasteiger partial charge in [0.15, 0.2) is 11.9 Å². The topological polar surface area (TPSA) is 149 Å². The minimum Gasteiger partial charge on any atom is -0.619 e. The van der Waals surface area contributed by atoms with Crippen molar-refractivity contribution in [1.29, 1.82) is 0 Å². The van der Waals surface area contributed by atoms with Gasteiger partial charge in [0.25, 0.3) is 0 Å². The van der Waals surface area contributed by atoms with Crippen LogP contribution in [0, 0.1) is 5.21 Å². The Balaban J connectivity index is 1.50. The number of likely N-dealkylation sites (tertiary alicyclic amines) is 1. The third-order valence-electron chi connectivity index (χ3n) is 7.09. The van der Waals surface area contributed by atoms with Crippen LogP contribution in [0.25, 0.3) is 0 Å². The predicted octanol–water partition coefficient (Wildman–Crippen LogP) is 2.16. The molecule has 2 aromatic carbocycles. The van der Waals surface area contributed by atoms with E-state index in [-0.39, 0.29) is 37.6 Å². The van der Waals surface area contributed by atoms with E-state index in [0.717, 1.165) is 11.1 Å². The zero-order valence-corrected chi connectivity index (χ0v) is 24.1. The summed E-state index contributed by atoms with van der Waals surface area (Å²) in [7, 11) is -3.93. The van der Waals surface area contributed by atoms with Crippen LogP contribution in [0.15, 0.2) is 72.9 Å². The van der Waals surface area contributed by atoms with Crippen molar-refractivity contribution in [2.24, 2.45) is 5.73 Å². The van der Waals surface area contributed by atoms with Crippen molar-refractivity contribution in [3.8, 4) is 0 Å². The predicted molar refractivity (Wildman–Crippen MR) is 156 cm³/mol. The van der Waals surface area contributed by atoms with Gasteiger partial charge >= 0.3 is 0 Å². The van der Waals surface area contributed by atoms with Crippen molar-refractivity contribution in [1.82, 2.24) is 14.9 Å². The van der Waals surface area contributed by atoms with E-state index in [1.807, 2.05) is 0 Å². The highest BCUT2D eigenvalue weighted by Gasteiger charge is 2.38. The van der Waals surface area contributed by atoms with Crippen LogP contribution in [0.2, 0.25) is 5.02 Å². The molecule has 1 aromatic heterocycles. The lowest BCUT2D eigenvalue weighted by Crippen LogP contribution is -2.53. The Bertz CT molecular complexity index is 1470. The summed E-state index contributed by atoms with van der Waals surface area (Å²) in [5.41, 5.74) is 8.42. The van der Waals surface area contributed by atoms with E-state index in [1.165, 1.54) is 11.1 Å². The van der Waals surface area contributed by atoms with Crippen LogP contribution in [-0.4, -0.2) is 43.8 Å². The molecule has 0 radical (unpaired) electrons. The maximum atomic E-state index is 13.8. The van der Waals surface area contributed by atoms with Crippen molar-refractivity contribution in [2.75, 3.05) is 6.54 Å². The van der Waals surface area contributed by atoms with Crippen LogP contribution < -0.4 is 20.5 Å². The molecule has 218 valence electrons. The standard InChI is InChI=1S/C29H34ClN5O5S/c30-24-12-11-22(18-31)23(17-24)19-32-28(36)27-10-6-15-34(27)29(37)26(14-13-25-9-4-5-16-35(25)38)33-41(39,40)20-21-7-2-1-3-8-21/h1-5,7-9,11-12,16-17,26-27,33H,6,10,13-15,18-20,31H2,(H,32,36)/t26-,27+/m0/s1. The molecule has 41 heavy (non-hydrogen) atoms. The summed E-state index contributed by atoms with van der Waals surface area (Å²) in [4.78, 5) is 28.5. The highest BCUT2D eigenvalue weighted by molar-refractivity contribution is 7.88. The van der Waals surface area contributed by atoms with Gasteiger partial charge in [-0.05, 0) is 48.1 Å². The summed E-state index contributed by atoms with van der Waals surface area (Å²) >= 11 is 6.12. The maximum absolute atomic E-state index is 13.8. The van der Waals surface area contributed by atoms with Gasteiger partial charge in [-0.1, -0.05) is 54.1 Å². The molecule has 12 heteroatoms. The maximum Gasteiger partial charge on any atom is 0.243 e. The Hall–Kier alpha value is -3.51. The van der Waals surface area contributed by atoms with Crippen LogP contribution in [0.1, 0.15) is 41.6 Å². The monoisotopic (exact) mass is 599 g/mol. The number of rotatable bonds is 12. The van der Waals surface area contributed by atoms with Crippen molar-refractivity contribution < 1.29 is 22.7 Å². The van der Waals surface area contributed by atoms with E-state index in [9.17, 15) is 23.2 Å². The quantitative estimate of drug-likeness (QED) is 0.215. The first-order chi connectivity index (χ1) is 19.7. The highest BCUT2D eigenvalue weighted by atomic mass is 35.5. The summed E-state index contributed by atoms with van der Waals surface area (Å²) in [6.07, 6.45) is 2.60. The van der Waals surface area contributed by atoms with Gasteiger partial charge < -0.3 is 21.2 Å². The second-order valence-electron chi connectivity index (χ2n) is 10.00. The van der Waals surface area contributed by atoms with E-state index >= 15 is 0 Å². The summed E-state index contributed by atoms with van der Waals surface area (Å²) in [5, 5.41) is 15.6. The normalized spacial score (nSPS) is 16.0. The minimum absolute atomic E-state index is 0.0479. The van der Waals surface area contributed by atoms with Crippen molar-refractivity contribution in [3.05, 3.63) is 106 Å². The van der Waals surface area contributed by atoms with Crippen LogP contribution in [0.5, 0.6) is 0 Å². The zero-order chi connectivity index (χ0) is 29.4. The largest absolute Gasteiger partial charge is 0.619 e. The Morgan fingerprint density at radius 2 is 1.85 bits per heavy atom. The molecule has 0 bridgehead atoms. The Morgan fingerprint density at radius 1 is 1.10 bits per heavy atom. The number of amides is 2. The van der Waals surface area contributed by atoms with Gasteiger partial charge in [-0.15, -0.1) is 0 Å². The molecule has 0 aliphatic carbocycles. The molecule has 10 nitrogen and oxygen atoms in total. The number of hydrogen-bond acceptors (Lipinski definition) is 6. The number of aromatic nitrogens is 1. The number of nitrogens with two attached hydrogens (primary N) is 1. The highest BCUT2D eigenvalue weighted by Crippen LogP contribution is 2.21. The summed E-state index contributed by atoms with van der Waals surface area (Å²) in [6, 6.07) is 16.9. The summed E-state index contributed by atoms with van der Waals surface area (Å²) in [6.45, 7) is 0.785. The van der Waals surface area contributed by atoms with Crippen molar-refractivity contribution in [2.45, 2.75) is 56.6 Å². The van der Waals surface area contributed by atoms with Gasteiger partial charge in [0.1, 0.15) is 12.1 Å². The number of nitrogens with one attached hydrogen (secondary N) is 2. The third kappa shape index (κ3) is 8.26. The van der Waals surface area contributed by atoms with E-state index in [4.69, 9.17) is 17.3 Å². The number of aryl methyl sites for hydroxylation is 1.